The first kappa shape index (κ1) is 19.4. The third kappa shape index (κ3) is 4.08. The van der Waals surface area contributed by atoms with Gasteiger partial charge in [-0.2, -0.15) is 0 Å². The highest BCUT2D eigenvalue weighted by atomic mass is 19.1. The minimum Gasteiger partial charge on any atom is -0.494 e. The average Bonchev–Trinajstić information content (AvgIpc) is 3.32. The van der Waals surface area contributed by atoms with Crippen molar-refractivity contribution in [3.63, 3.8) is 0 Å². The van der Waals surface area contributed by atoms with E-state index in [0.717, 1.165) is 0 Å². The molecule has 1 aliphatic rings. The fourth-order valence-corrected chi connectivity index (χ4v) is 3.36. The minimum atomic E-state index is -0.473. The van der Waals surface area contributed by atoms with E-state index in [9.17, 15) is 13.9 Å². The van der Waals surface area contributed by atoms with Crippen LogP contribution >= 0.6 is 0 Å². The van der Waals surface area contributed by atoms with Gasteiger partial charge in [-0.3, -0.25) is 4.99 Å². The SMILES string of the molecule is CN(CCC1OCCO1)c1ccc(N=Cc2c(O)[nH]c3cccc(F)c23)cc1F. The van der Waals surface area contributed by atoms with Crippen LogP contribution in [0.5, 0.6) is 5.88 Å². The molecule has 0 atom stereocenters. The molecule has 1 aliphatic heterocycles. The number of ether oxygens (including phenoxy) is 2. The highest BCUT2D eigenvalue weighted by Crippen LogP contribution is 2.29. The van der Waals surface area contributed by atoms with Gasteiger partial charge >= 0.3 is 0 Å². The summed E-state index contributed by atoms with van der Waals surface area (Å²) >= 11 is 0. The van der Waals surface area contributed by atoms with E-state index >= 15 is 0 Å². The molecule has 3 aromatic rings. The lowest BCUT2D eigenvalue weighted by Gasteiger charge is -2.21. The maximum absolute atomic E-state index is 14.6. The molecule has 0 bridgehead atoms. The smallest absolute Gasteiger partial charge is 0.198 e. The summed E-state index contributed by atoms with van der Waals surface area (Å²) in [6.07, 6.45) is 1.72. The Morgan fingerprint density at radius 3 is 2.76 bits per heavy atom. The summed E-state index contributed by atoms with van der Waals surface area (Å²) in [4.78, 5) is 8.69. The Kier molecular flexibility index (Phi) is 5.46. The number of nitrogens with zero attached hydrogens (tertiary/aromatic N) is 2. The van der Waals surface area contributed by atoms with Crippen molar-refractivity contribution in [3.05, 3.63) is 53.6 Å². The summed E-state index contributed by atoms with van der Waals surface area (Å²) in [5.74, 6) is -1.09. The van der Waals surface area contributed by atoms with E-state index in [1.807, 2.05) is 0 Å². The third-order valence-corrected chi connectivity index (χ3v) is 4.87. The van der Waals surface area contributed by atoms with Crippen LogP contribution < -0.4 is 4.90 Å². The lowest BCUT2D eigenvalue weighted by atomic mass is 10.1. The van der Waals surface area contributed by atoms with Gasteiger partial charge in [0.2, 0.25) is 0 Å². The summed E-state index contributed by atoms with van der Waals surface area (Å²) in [7, 11) is 1.79. The number of hydrogen-bond acceptors (Lipinski definition) is 5. The van der Waals surface area contributed by atoms with Crippen molar-refractivity contribution in [2.24, 2.45) is 4.99 Å². The third-order valence-electron chi connectivity index (χ3n) is 4.87. The van der Waals surface area contributed by atoms with Crippen LogP contribution in [-0.2, 0) is 9.47 Å². The van der Waals surface area contributed by atoms with Crippen molar-refractivity contribution in [2.75, 3.05) is 31.7 Å². The van der Waals surface area contributed by atoms with Crippen molar-refractivity contribution < 1.29 is 23.4 Å². The standard InChI is InChI=1S/C21H21F2N3O3/c1-26(8-7-19-28-9-10-29-19)18-6-5-13(11-16(18)23)24-12-14-20-15(22)3-2-4-17(20)25-21(14)27/h2-6,11-12,19,25,27H,7-10H2,1H3. The van der Waals surface area contributed by atoms with E-state index in [-0.39, 0.29) is 23.1 Å². The van der Waals surface area contributed by atoms with Gasteiger partial charge in [0.1, 0.15) is 11.6 Å². The van der Waals surface area contributed by atoms with Crippen LogP contribution in [0, 0.1) is 11.6 Å². The van der Waals surface area contributed by atoms with E-state index in [4.69, 9.17) is 9.47 Å². The predicted molar refractivity (Wildman–Crippen MR) is 107 cm³/mol. The van der Waals surface area contributed by atoms with E-state index < -0.39 is 11.6 Å². The number of fused-ring (bicyclic) bond motifs is 1. The van der Waals surface area contributed by atoms with Gasteiger partial charge in [-0.1, -0.05) is 6.07 Å². The predicted octanol–water partition coefficient (Wildman–Crippen LogP) is 4.10. The van der Waals surface area contributed by atoms with Crippen molar-refractivity contribution in [3.8, 4) is 5.88 Å². The largest absolute Gasteiger partial charge is 0.494 e. The normalized spacial score (nSPS) is 15.0. The lowest BCUT2D eigenvalue weighted by Crippen LogP contribution is -2.24. The molecule has 0 unspecified atom stereocenters. The Balaban J connectivity index is 1.50. The lowest BCUT2D eigenvalue weighted by molar-refractivity contribution is -0.0447. The number of benzene rings is 2. The Hall–Kier alpha value is -2.97. The second-order valence-corrected chi connectivity index (χ2v) is 6.82. The zero-order valence-corrected chi connectivity index (χ0v) is 15.9. The second kappa shape index (κ2) is 8.18. The van der Waals surface area contributed by atoms with Crippen LogP contribution in [0.15, 0.2) is 41.4 Å². The molecule has 2 heterocycles. The molecule has 0 amide bonds. The summed E-state index contributed by atoms with van der Waals surface area (Å²) < 4.78 is 39.5. The van der Waals surface area contributed by atoms with Gasteiger partial charge in [-0.15, -0.1) is 0 Å². The first-order valence-electron chi connectivity index (χ1n) is 9.30. The molecule has 4 rings (SSSR count). The van der Waals surface area contributed by atoms with Crippen molar-refractivity contribution in [1.29, 1.82) is 0 Å². The van der Waals surface area contributed by atoms with Gasteiger partial charge < -0.3 is 24.5 Å². The quantitative estimate of drug-likeness (QED) is 0.610. The molecule has 2 N–H and O–H groups in total. The van der Waals surface area contributed by atoms with Crippen LogP contribution in [0.1, 0.15) is 12.0 Å². The highest BCUT2D eigenvalue weighted by Gasteiger charge is 2.17. The number of rotatable bonds is 6. The number of nitrogens with one attached hydrogen (secondary N) is 1. The topological polar surface area (TPSA) is 70.1 Å². The number of halogens is 2. The summed E-state index contributed by atoms with van der Waals surface area (Å²) in [6.45, 7) is 1.75. The molecule has 1 saturated heterocycles. The molecular formula is C21H21F2N3O3. The van der Waals surface area contributed by atoms with Gasteiger partial charge in [0, 0.05) is 37.7 Å². The van der Waals surface area contributed by atoms with Crippen LogP contribution in [0.4, 0.5) is 20.2 Å². The Bertz CT molecular complexity index is 1050. The molecule has 0 saturated carbocycles. The van der Waals surface area contributed by atoms with E-state index in [1.54, 1.807) is 36.2 Å². The Labute approximate surface area is 166 Å². The van der Waals surface area contributed by atoms with Crippen molar-refractivity contribution >= 4 is 28.5 Å². The molecule has 2 aromatic carbocycles. The van der Waals surface area contributed by atoms with Gasteiger partial charge in [0.25, 0.3) is 0 Å². The number of aromatic nitrogens is 1. The number of anilines is 1. The zero-order valence-electron chi connectivity index (χ0n) is 15.9. The van der Waals surface area contributed by atoms with E-state index in [2.05, 4.69) is 9.98 Å². The number of aliphatic imine (C=N–C) groups is 1. The molecule has 0 spiro atoms. The van der Waals surface area contributed by atoms with Gasteiger partial charge in [0.15, 0.2) is 12.2 Å². The van der Waals surface area contributed by atoms with Crippen LogP contribution in [-0.4, -0.2) is 49.4 Å². The molecular weight excluding hydrogens is 380 g/mol. The average molecular weight is 401 g/mol. The van der Waals surface area contributed by atoms with Crippen molar-refractivity contribution in [2.45, 2.75) is 12.7 Å². The van der Waals surface area contributed by atoms with E-state index in [0.29, 0.717) is 43.1 Å². The molecule has 6 nitrogen and oxygen atoms in total. The summed E-state index contributed by atoms with van der Waals surface area (Å²) in [5.41, 5.74) is 1.47. The zero-order chi connectivity index (χ0) is 20.4. The van der Waals surface area contributed by atoms with Gasteiger partial charge in [0.05, 0.1) is 35.7 Å². The maximum atomic E-state index is 14.6. The molecule has 1 aromatic heterocycles. The highest BCUT2D eigenvalue weighted by molar-refractivity contribution is 6.02. The molecule has 29 heavy (non-hydrogen) atoms. The molecule has 152 valence electrons. The molecule has 0 aliphatic carbocycles. The molecule has 8 heteroatoms. The first-order valence-corrected chi connectivity index (χ1v) is 9.30. The van der Waals surface area contributed by atoms with Gasteiger partial charge in [-0.05, 0) is 24.3 Å². The van der Waals surface area contributed by atoms with Gasteiger partial charge in [-0.25, -0.2) is 8.78 Å². The fourth-order valence-electron chi connectivity index (χ4n) is 3.36. The number of aromatic amines is 1. The Morgan fingerprint density at radius 2 is 2.00 bits per heavy atom. The molecule has 0 radical (unpaired) electrons. The molecule has 1 fully saturated rings. The van der Waals surface area contributed by atoms with Crippen LogP contribution in [0.3, 0.4) is 0 Å². The van der Waals surface area contributed by atoms with Crippen LogP contribution in [0.2, 0.25) is 0 Å². The van der Waals surface area contributed by atoms with Crippen LogP contribution in [0.25, 0.3) is 10.9 Å². The summed E-state index contributed by atoms with van der Waals surface area (Å²) in [6, 6.07) is 9.10. The number of aromatic hydroxyl groups is 1. The monoisotopic (exact) mass is 401 g/mol. The summed E-state index contributed by atoms with van der Waals surface area (Å²) in [5, 5.41) is 10.3. The minimum absolute atomic E-state index is 0.193. The Morgan fingerprint density at radius 1 is 1.21 bits per heavy atom. The van der Waals surface area contributed by atoms with Crippen molar-refractivity contribution in [1.82, 2.24) is 4.98 Å². The maximum Gasteiger partial charge on any atom is 0.198 e. The fraction of sp³-hybridized carbons (Fsp3) is 0.286. The van der Waals surface area contributed by atoms with E-state index in [1.165, 1.54) is 18.3 Å². The number of hydrogen-bond donors (Lipinski definition) is 2. The second-order valence-electron chi connectivity index (χ2n) is 6.82. The first-order chi connectivity index (χ1) is 14.0. The number of H-pyrrole nitrogens is 1.